The summed E-state index contributed by atoms with van der Waals surface area (Å²) in [5.41, 5.74) is 1.55. The van der Waals surface area contributed by atoms with Crippen molar-refractivity contribution in [1.82, 2.24) is 14.7 Å². The summed E-state index contributed by atoms with van der Waals surface area (Å²) in [6.45, 7) is 1.85. The molecule has 3 heterocycles. The first-order valence-electron chi connectivity index (χ1n) is 8.44. The molecule has 10 heteroatoms. The third-order valence-electron chi connectivity index (χ3n) is 4.27. The molecule has 2 aromatic heterocycles. The number of hydrogen-bond acceptors (Lipinski definition) is 5. The second-order valence-electron chi connectivity index (χ2n) is 6.07. The van der Waals surface area contributed by atoms with Crippen molar-refractivity contribution in [3.05, 3.63) is 39.3 Å². The van der Waals surface area contributed by atoms with E-state index in [9.17, 15) is 22.8 Å². The summed E-state index contributed by atoms with van der Waals surface area (Å²) in [6, 6.07) is 1.71. The van der Waals surface area contributed by atoms with E-state index in [1.165, 1.54) is 16.0 Å². The second-order valence-corrected chi connectivity index (χ2v) is 6.85. The summed E-state index contributed by atoms with van der Waals surface area (Å²) in [6.07, 6.45) is -5.03. The molecule has 1 aliphatic heterocycles. The molecule has 1 amide bonds. The monoisotopic (exact) mass is 401 g/mol. The summed E-state index contributed by atoms with van der Waals surface area (Å²) in [7, 11) is 0. The lowest BCUT2D eigenvalue weighted by molar-refractivity contribution is -0.137. The Bertz CT molecular complexity index is 831. The van der Waals surface area contributed by atoms with E-state index in [4.69, 9.17) is 4.74 Å². The molecule has 146 valence electrons. The lowest BCUT2D eigenvalue weighted by atomic mass is 10.0. The van der Waals surface area contributed by atoms with Crippen molar-refractivity contribution in [3.63, 3.8) is 0 Å². The van der Waals surface area contributed by atoms with Crippen molar-refractivity contribution in [2.45, 2.75) is 39.0 Å². The molecule has 27 heavy (non-hydrogen) atoms. The number of hydrogen-bond donors (Lipinski definition) is 0. The number of halogens is 3. The summed E-state index contributed by atoms with van der Waals surface area (Å²) in [4.78, 5) is 26.4. The predicted octanol–water partition coefficient (Wildman–Crippen LogP) is 3.27. The number of carbonyl (C=O) groups excluding carboxylic acids is 2. The summed E-state index contributed by atoms with van der Waals surface area (Å²) >= 11 is 1.40. The number of amides is 1. The summed E-state index contributed by atoms with van der Waals surface area (Å²) in [5.74, 6) is -0.871. The molecule has 0 saturated heterocycles. The Labute approximate surface area is 157 Å². The molecule has 0 saturated carbocycles. The fourth-order valence-electron chi connectivity index (χ4n) is 3.01. The number of alkyl halides is 3. The van der Waals surface area contributed by atoms with Crippen LogP contribution in [0.5, 0.6) is 0 Å². The van der Waals surface area contributed by atoms with Gasteiger partial charge in [-0.25, -0.2) is 4.79 Å². The van der Waals surface area contributed by atoms with Gasteiger partial charge in [-0.05, 0) is 18.4 Å². The Morgan fingerprint density at radius 3 is 2.78 bits per heavy atom. The molecule has 6 nitrogen and oxygen atoms in total. The van der Waals surface area contributed by atoms with Crippen LogP contribution in [0.25, 0.3) is 0 Å². The van der Waals surface area contributed by atoms with Gasteiger partial charge in [0, 0.05) is 36.1 Å². The molecule has 0 spiro atoms. The van der Waals surface area contributed by atoms with Crippen LogP contribution in [0.3, 0.4) is 0 Å². The van der Waals surface area contributed by atoms with Gasteiger partial charge in [0.2, 0.25) is 0 Å². The number of aryl methyl sites for hydroxylation is 1. The highest BCUT2D eigenvalue weighted by atomic mass is 32.1. The lowest BCUT2D eigenvalue weighted by Gasteiger charge is -2.27. The van der Waals surface area contributed by atoms with Gasteiger partial charge in [0.15, 0.2) is 5.69 Å². The standard InChI is InChI=1S/C17H18F3N3O3S/c1-2-26-16(25)14-12-9-22(15(24)11-4-8-27-10-11)6-3-13(12)23(21-14)7-5-17(18,19)20/h4,8,10H,2-3,5-7,9H2,1H3. The van der Waals surface area contributed by atoms with E-state index >= 15 is 0 Å². The Balaban J connectivity index is 1.89. The lowest BCUT2D eigenvalue weighted by Crippen LogP contribution is -2.36. The average Bonchev–Trinajstić information content (AvgIpc) is 3.26. The van der Waals surface area contributed by atoms with Crippen LogP contribution in [0.15, 0.2) is 16.8 Å². The van der Waals surface area contributed by atoms with Crippen LogP contribution in [0.2, 0.25) is 0 Å². The number of fused-ring (bicyclic) bond motifs is 1. The minimum absolute atomic E-state index is 0.0168. The number of nitrogens with zero attached hydrogens (tertiary/aromatic N) is 3. The van der Waals surface area contributed by atoms with Gasteiger partial charge in [0.25, 0.3) is 5.91 Å². The molecule has 0 radical (unpaired) electrons. The van der Waals surface area contributed by atoms with Crippen molar-refractivity contribution in [1.29, 1.82) is 0 Å². The topological polar surface area (TPSA) is 64.4 Å². The zero-order valence-corrected chi connectivity index (χ0v) is 15.4. The van der Waals surface area contributed by atoms with Crippen molar-refractivity contribution in [3.8, 4) is 0 Å². The molecule has 0 atom stereocenters. The van der Waals surface area contributed by atoms with Crippen molar-refractivity contribution < 1.29 is 27.5 Å². The van der Waals surface area contributed by atoms with E-state index in [2.05, 4.69) is 5.10 Å². The molecule has 0 aliphatic carbocycles. The fourth-order valence-corrected chi connectivity index (χ4v) is 3.64. The maximum Gasteiger partial charge on any atom is 0.390 e. The molecule has 3 rings (SSSR count). The quantitative estimate of drug-likeness (QED) is 0.722. The van der Waals surface area contributed by atoms with Crippen LogP contribution in [-0.2, 0) is 24.2 Å². The smallest absolute Gasteiger partial charge is 0.390 e. The van der Waals surface area contributed by atoms with Crippen LogP contribution in [0.1, 0.15) is 45.4 Å². The molecule has 1 aliphatic rings. The van der Waals surface area contributed by atoms with Crippen LogP contribution in [-0.4, -0.2) is 45.9 Å². The third-order valence-corrected chi connectivity index (χ3v) is 4.95. The maximum absolute atomic E-state index is 12.6. The molecule has 0 N–H and O–H groups in total. The minimum Gasteiger partial charge on any atom is -0.461 e. The Morgan fingerprint density at radius 2 is 2.15 bits per heavy atom. The Kier molecular flexibility index (Phi) is 5.54. The van der Waals surface area contributed by atoms with Crippen LogP contribution in [0, 0.1) is 0 Å². The van der Waals surface area contributed by atoms with E-state index in [-0.39, 0.29) is 31.3 Å². The normalized spacial score (nSPS) is 14.1. The summed E-state index contributed by atoms with van der Waals surface area (Å²) < 4.78 is 44.0. The number of carbonyl (C=O) groups is 2. The fraction of sp³-hybridized carbons (Fsp3) is 0.471. The highest BCUT2D eigenvalue weighted by Gasteiger charge is 2.33. The van der Waals surface area contributed by atoms with Gasteiger partial charge in [-0.3, -0.25) is 9.48 Å². The van der Waals surface area contributed by atoms with Gasteiger partial charge >= 0.3 is 12.1 Å². The first-order chi connectivity index (χ1) is 12.8. The van der Waals surface area contributed by atoms with Gasteiger partial charge in [-0.15, -0.1) is 0 Å². The van der Waals surface area contributed by atoms with Gasteiger partial charge in [0.1, 0.15) is 0 Å². The minimum atomic E-state index is -4.32. The highest BCUT2D eigenvalue weighted by Crippen LogP contribution is 2.27. The van der Waals surface area contributed by atoms with Crippen molar-refractivity contribution in [2.75, 3.05) is 13.2 Å². The molecule has 0 unspecified atom stereocenters. The van der Waals surface area contributed by atoms with Crippen molar-refractivity contribution >= 4 is 23.2 Å². The molecular weight excluding hydrogens is 383 g/mol. The number of thiophene rings is 1. The first-order valence-corrected chi connectivity index (χ1v) is 9.38. The molecule has 0 aromatic carbocycles. The largest absolute Gasteiger partial charge is 0.461 e. The van der Waals surface area contributed by atoms with Crippen LogP contribution in [0.4, 0.5) is 13.2 Å². The average molecular weight is 401 g/mol. The van der Waals surface area contributed by atoms with Gasteiger partial charge in [-0.2, -0.15) is 29.6 Å². The Hall–Kier alpha value is -2.36. The van der Waals surface area contributed by atoms with E-state index in [0.29, 0.717) is 29.8 Å². The van der Waals surface area contributed by atoms with Crippen LogP contribution < -0.4 is 0 Å². The van der Waals surface area contributed by atoms with E-state index in [1.54, 1.807) is 28.7 Å². The maximum atomic E-state index is 12.6. The van der Waals surface area contributed by atoms with E-state index in [0.717, 1.165) is 0 Å². The summed E-state index contributed by atoms with van der Waals surface area (Å²) in [5, 5.41) is 7.60. The number of esters is 1. The zero-order chi connectivity index (χ0) is 19.6. The van der Waals surface area contributed by atoms with E-state index < -0.39 is 18.6 Å². The molecule has 2 aromatic rings. The van der Waals surface area contributed by atoms with Gasteiger partial charge < -0.3 is 9.64 Å². The molecule has 0 bridgehead atoms. The van der Waals surface area contributed by atoms with E-state index in [1.807, 2.05) is 0 Å². The molecular formula is C17H18F3N3O3S. The zero-order valence-electron chi connectivity index (χ0n) is 14.6. The SMILES string of the molecule is CCOC(=O)c1nn(CCC(F)(F)F)c2c1CN(C(=O)c1ccsc1)CC2. The third kappa shape index (κ3) is 4.32. The van der Waals surface area contributed by atoms with Crippen molar-refractivity contribution in [2.24, 2.45) is 0 Å². The van der Waals surface area contributed by atoms with Gasteiger partial charge in [0.05, 0.1) is 25.1 Å². The predicted molar refractivity (Wildman–Crippen MR) is 91.6 cm³/mol. The number of ether oxygens (including phenoxy) is 1. The first kappa shape index (κ1) is 19.4. The highest BCUT2D eigenvalue weighted by molar-refractivity contribution is 7.08. The van der Waals surface area contributed by atoms with Gasteiger partial charge in [-0.1, -0.05) is 0 Å². The second kappa shape index (κ2) is 7.71. The van der Waals surface area contributed by atoms with Crippen LogP contribution >= 0.6 is 11.3 Å². The Morgan fingerprint density at radius 1 is 1.37 bits per heavy atom. The molecule has 0 fully saturated rings. The number of rotatable bonds is 5. The number of aromatic nitrogens is 2.